The van der Waals surface area contributed by atoms with E-state index in [9.17, 15) is 5.11 Å². The fourth-order valence-electron chi connectivity index (χ4n) is 2.38. The normalized spacial score (nSPS) is 20.1. The zero-order chi connectivity index (χ0) is 12.5. The van der Waals surface area contributed by atoms with Crippen molar-refractivity contribution in [3.8, 4) is 0 Å². The molecule has 1 aliphatic rings. The van der Waals surface area contributed by atoms with E-state index in [4.69, 9.17) is 11.6 Å². The summed E-state index contributed by atoms with van der Waals surface area (Å²) >= 11 is 5.86. The van der Waals surface area contributed by atoms with Gasteiger partial charge in [0.05, 0.1) is 0 Å². The summed E-state index contributed by atoms with van der Waals surface area (Å²) in [6, 6.07) is 15.7. The highest BCUT2D eigenvalue weighted by molar-refractivity contribution is 6.30. The predicted molar refractivity (Wildman–Crippen MR) is 74.5 cm³/mol. The Morgan fingerprint density at radius 1 is 1.06 bits per heavy atom. The lowest BCUT2D eigenvalue weighted by Crippen LogP contribution is -1.93. The van der Waals surface area contributed by atoms with Crippen LogP contribution in [0.5, 0.6) is 0 Å². The third-order valence-electron chi connectivity index (χ3n) is 3.32. The summed E-state index contributed by atoms with van der Waals surface area (Å²) in [4.78, 5) is 0. The molecule has 2 aromatic carbocycles. The lowest BCUT2D eigenvalue weighted by Gasteiger charge is -2.05. The summed E-state index contributed by atoms with van der Waals surface area (Å²) in [5.41, 5.74) is 4.35. The molecule has 90 valence electrons. The highest BCUT2D eigenvalue weighted by Crippen LogP contribution is 2.36. The molecule has 0 saturated heterocycles. The van der Waals surface area contributed by atoms with Crippen LogP contribution in [-0.2, 0) is 6.42 Å². The summed E-state index contributed by atoms with van der Waals surface area (Å²) in [5, 5.41) is 11.0. The van der Waals surface area contributed by atoms with Crippen molar-refractivity contribution in [3.63, 3.8) is 0 Å². The van der Waals surface area contributed by atoms with E-state index in [1.54, 1.807) is 0 Å². The van der Waals surface area contributed by atoms with Crippen LogP contribution >= 0.6 is 11.6 Å². The molecule has 0 amide bonds. The maximum Gasteiger partial charge on any atom is 0.101 e. The zero-order valence-corrected chi connectivity index (χ0v) is 10.6. The molecule has 0 aromatic heterocycles. The van der Waals surface area contributed by atoms with Crippen LogP contribution in [0.4, 0.5) is 0 Å². The quantitative estimate of drug-likeness (QED) is 0.817. The molecule has 1 unspecified atom stereocenters. The Kier molecular flexibility index (Phi) is 2.94. The van der Waals surface area contributed by atoms with Crippen molar-refractivity contribution in [1.29, 1.82) is 0 Å². The van der Waals surface area contributed by atoms with Gasteiger partial charge in [0.1, 0.15) is 6.10 Å². The van der Waals surface area contributed by atoms with Gasteiger partial charge in [0.2, 0.25) is 0 Å². The van der Waals surface area contributed by atoms with Crippen LogP contribution in [0.15, 0.2) is 54.1 Å². The Labute approximate surface area is 111 Å². The van der Waals surface area contributed by atoms with Crippen LogP contribution in [0, 0.1) is 0 Å². The first-order valence-corrected chi connectivity index (χ1v) is 6.34. The van der Waals surface area contributed by atoms with Crippen molar-refractivity contribution in [1.82, 2.24) is 0 Å². The number of rotatable bonds is 1. The predicted octanol–water partition coefficient (Wildman–Crippen LogP) is 4.01. The van der Waals surface area contributed by atoms with Crippen LogP contribution < -0.4 is 0 Å². The fourth-order valence-corrected chi connectivity index (χ4v) is 2.51. The molecule has 1 atom stereocenters. The Balaban J connectivity index is 1.94. The fraction of sp³-hybridized carbons (Fsp3) is 0.125. The van der Waals surface area contributed by atoms with Crippen molar-refractivity contribution in [3.05, 3.63) is 75.8 Å². The van der Waals surface area contributed by atoms with Gasteiger partial charge in [0.15, 0.2) is 0 Å². The van der Waals surface area contributed by atoms with E-state index in [0.29, 0.717) is 0 Å². The highest BCUT2D eigenvalue weighted by Gasteiger charge is 2.24. The zero-order valence-electron chi connectivity index (χ0n) is 9.81. The van der Waals surface area contributed by atoms with Gasteiger partial charge in [-0.1, -0.05) is 54.1 Å². The molecular weight excluding hydrogens is 244 g/mol. The topological polar surface area (TPSA) is 20.2 Å². The standard InChI is InChI=1S/C16H13ClO/c17-14-7-5-11(6-8-14)9-13-10-12-3-1-2-4-15(12)16(13)18/h1-9,16,18H,10H2. The second kappa shape index (κ2) is 4.60. The number of benzene rings is 2. The van der Waals surface area contributed by atoms with Gasteiger partial charge in [-0.05, 0) is 40.8 Å². The molecule has 3 rings (SSSR count). The molecule has 0 saturated carbocycles. The molecule has 0 heterocycles. The number of fused-ring (bicyclic) bond motifs is 1. The maximum atomic E-state index is 10.3. The van der Waals surface area contributed by atoms with Crippen molar-refractivity contribution in [2.45, 2.75) is 12.5 Å². The first kappa shape index (κ1) is 11.5. The number of hydrogen-bond acceptors (Lipinski definition) is 1. The van der Waals surface area contributed by atoms with E-state index in [1.165, 1.54) is 5.56 Å². The van der Waals surface area contributed by atoms with E-state index in [2.05, 4.69) is 6.07 Å². The minimum Gasteiger partial charge on any atom is -0.384 e. The monoisotopic (exact) mass is 256 g/mol. The number of aliphatic hydroxyl groups excluding tert-OH is 1. The third kappa shape index (κ3) is 2.07. The first-order chi connectivity index (χ1) is 8.74. The highest BCUT2D eigenvalue weighted by atomic mass is 35.5. The van der Waals surface area contributed by atoms with Gasteiger partial charge >= 0.3 is 0 Å². The molecule has 1 aliphatic carbocycles. The van der Waals surface area contributed by atoms with Gasteiger partial charge in [0.25, 0.3) is 0 Å². The molecule has 0 bridgehead atoms. The summed E-state index contributed by atoms with van der Waals surface area (Å²) in [6.45, 7) is 0. The summed E-state index contributed by atoms with van der Waals surface area (Å²) in [7, 11) is 0. The first-order valence-electron chi connectivity index (χ1n) is 5.96. The van der Waals surface area contributed by atoms with Crippen molar-refractivity contribution in [2.24, 2.45) is 0 Å². The Hall–Kier alpha value is -1.57. The molecule has 2 aromatic rings. The van der Waals surface area contributed by atoms with Gasteiger partial charge in [-0.15, -0.1) is 0 Å². The minimum absolute atomic E-state index is 0.475. The molecular formula is C16H13ClO. The second-order valence-corrected chi connectivity index (χ2v) is 4.99. The molecule has 18 heavy (non-hydrogen) atoms. The van der Waals surface area contributed by atoms with Crippen molar-refractivity contribution in [2.75, 3.05) is 0 Å². The van der Waals surface area contributed by atoms with Crippen molar-refractivity contribution < 1.29 is 5.11 Å². The van der Waals surface area contributed by atoms with Gasteiger partial charge in [-0.3, -0.25) is 0 Å². The third-order valence-corrected chi connectivity index (χ3v) is 3.57. The average molecular weight is 257 g/mol. The molecule has 0 radical (unpaired) electrons. The van der Waals surface area contributed by atoms with Crippen LogP contribution in [0.3, 0.4) is 0 Å². The lowest BCUT2D eigenvalue weighted by atomic mass is 10.1. The van der Waals surface area contributed by atoms with Crippen LogP contribution in [0.2, 0.25) is 5.02 Å². The summed E-state index contributed by atoms with van der Waals surface area (Å²) < 4.78 is 0. The average Bonchev–Trinajstić information content (AvgIpc) is 2.70. The molecule has 1 N–H and O–H groups in total. The van der Waals surface area contributed by atoms with Gasteiger partial charge < -0.3 is 5.11 Å². The van der Waals surface area contributed by atoms with E-state index < -0.39 is 6.10 Å². The Morgan fingerprint density at radius 3 is 2.50 bits per heavy atom. The SMILES string of the molecule is OC1C(=Cc2ccc(Cl)cc2)Cc2ccccc21. The lowest BCUT2D eigenvalue weighted by molar-refractivity contribution is 0.222. The van der Waals surface area contributed by atoms with E-state index in [0.717, 1.165) is 28.1 Å². The number of hydrogen-bond donors (Lipinski definition) is 1. The number of aliphatic hydroxyl groups is 1. The second-order valence-electron chi connectivity index (χ2n) is 4.55. The smallest absolute Gasteiger partial charge is 0.101 e. The van der Waals surface area contributed by atoms with Crippen LogP contribution in [0.1, 0.15) is 22.8 Å². The number of halogens is 1. The maximum absolute atomic E-state index is 10.3. The van der Waals surface area contributed by atoms with Gasteiger partial charge in [0, 0.05) is 5.02 Å². The molecule has 1 nitrogen and oxygen atoms in total. The van der Waals surface area contributed by atoms with Crippen LogP contribution in [0.25, 0.3) is 6.08 Å². The van der Waals surface area contributed by atoms with Gasteiger partial charge in [-0.2, -0.15) is 0 Å². The Morgan fingerprint density at radius 2 is 1.78 bits per heavy atom. The molecule has 0 spiro atoms. The summed E-state index contributed by atoms with van der Waals surface area (Å²) in [6.07, 6.45) is 2.39. The minimum atomic E-state index is -0.475. The Bertz CT molecular complexity index is 599. The largest absolute Gasteiger partial charge is 0.384 e. The van der Waals surface area contributed by atoms with Gasteiger partial charge in [-0.25, -0.2) is 0 Å². The van der Waals surface area contributed by atoms with Crippen molar-refractivity contribution >= 4 is 17.7 Å². The summed E-state index contributed by atoms with van der Waals surface area (Å²) in [5.74, 6) is 0. The van der Waals surface area contributed by atoms with Crippen LogP contribution in [-0.4, -0.2) is 5.11 Å². The van der Waals surface area contributed by atoms with E-state index in [1.807, 2.05) is 48.5 Å². The molecule has 2 heteroatoms. The van der Waals surface area contributed by atoms with E-state index >= 15 is 0 Å². The van der Waals surface area contributed by atoms with E-state index in [-0.39, 0.29) is 0 Å². The molecule has 0 aliphatic heterocycles. The molecule has 0 fully saturated rings.